The van der Waals surface area contributed by atoms with Gasteiger partial charge in [0, 0.05) is 57.7 Å². The van der Waals surface area contributed by atoms with E-state index in [0.29, 0.717) is 25.2 Å². The second kappa shape index (κ2) is 7.65. The Kier molecular flexibility index (Phi) is 4.97. The molecule has 0 saturated carbocycles. The molecule has 1 N–H and O–H groups in total. The van der Waals surface area contributed by atoms with Gasteiger partial charge in [0.05, 0.1) is 24.3 Å². The van der Waals surface area contributed by atoms with Crippen LogP contribution in [0.2, 0.25) is 0 Å². The summed E-state index contributed by atoms with van der Waals surface area (Å²) in [6, 6.07) is 12.0. The molecule has 3 fully saturated rings. The summed E-state index contributed by atoms with van der Waals surface area (Å²) in [5.41, 5.74) is 1.81. The molecule has 5 rings (SSSR count). The zero-order valence-electron chi connectivity index (χ0n) is 17.3. The number of pyridine rings is 1. The van der Waals surface area contributed by atoms with E-state index in [2.05, 4.69) is 26.9 Å². The van der Waals surface area contributed by atoms with Gasteiger partial charge in [-0.05, 0) is 36.2 Å². The van der Waals surface area contributed by atoms with Gasteiger partial charge in [0.15, 0.2) is 0 Å². The van der Waals surface area contributed by atoms with Gasteiger partial charge in [-0.25, -0.2) is 0 Å². The van der Waals surface area contributed by atoms with Crippen LogP contribution in [-0.2, 0) is 6.54 Å². The van der Waals surface area contributed by atoms with Gasteiger partial charge < -0.3 is 14.7 Å². The average molecular weight is 409 g/mol. The Labute approximate surface area is 176 Å². The van der Waals surface area contributed by atoms with Crippen LogP contribution in [0.4, 0.5) is 0 Å². The first-order valence-electron chi connectivity index (χ1n) is 10.6. The second-order valence-electron chi connectivity index (χ2n) is 8.84. The van der Waals surface area contributed by atoms with Gasteiger partial charge in [-0.3, -0.25) is 19.6 Å². The highest BCUT2D eigenvalue weighted by molar-refractivity contribution is 5.94. The molecule has 3 saturated heterocycles. The fraction of sp³-hybridized carbons (Fsp3) is 0.478. The molecule has 4 heterocycles. The van der Waals surface area contributed by atoms with Crippen LogP contribution in [0.25, 0.3) is 0 Å². The Morgan fingerprint density at radius 2 is 2.00 bits per heavy atom. The van der Waals surface area contributed by atoms with Crippen molar-refractivity contribution in [3.63, 3.8) is 0 Å². The molecule has 7 nitrogen and oxygen atoms in total. The van der Waals surface area contributed by atoms with Crippen molar-refractivity contribution in [2.24, 2.45) is 0 Å². The number of carbonyl (C=O) groups excluding carboxylic acids is 1. The number of amides is 1. The predicted molar refractivity (Wildman–Crippen MR) is 112 cm³/mol. The first-order valence-corrected chi connectivity index (χ1v) is 10.6. The van der Waals surface area contributed by atoms with Crippen molar-refractivity contribution in [1.82, 2.24) is 19.7 Å². The van der Waals surface area contributed by atoms with E-state index in [-0.39, 0.29) is 23.6 Å². The van der Waals surface area contributed by atoms with Crippen molar-refractivity contribution in [2.75, 3.05) is 39.8 Å². The van der Waals surface area contributed by atoms with Crippen LogP contribution < -0.4 is 4.74 Å². The van der Waals surface area contributed by atoms with Crippen molar-refractivity contribution in [3.05, 3.63) is 59.9 Å². The zero-order valence-corrected chi connectivity index (χ0v) is 17.3. The second-order valence-corrected chi connectivity index (χ2v) is 8.84. The highest BCUT2D eigenvalue weighted by atomic mass is 16.5. The summed E-state index contributed by atoms with van der Waals surface area (Å²) in [6.45, 7) is 4.76. The molecule has 0 aliphatic carbocycles. The van der Waals surface area contributed by atoms with E-state index in [4.69, 9.17) is 4.74 Å². The monoisotopic (exact) mass is 408 g/mol. The predicted octanol–water partition coefficient (Wildman–Crippen LogP) is 1.24. The SMILES string of the molecule is COc1ccc(CN2CC3(C2)CN(C(=O)c2cccnc2)CC2CC(O)CN23)cc1. The molecule has 2 atom stereocenters. The molecule has 158 valence electrons. The van der Waals surface area contributed by atoms with E-state index >= 15 is 0 Å². The molecule has 2 unspecified atom stereocenters. The normalized spacial score (nSPS) is 25.7. The minimum Gasteiger partial charge on any atom is -0.497 e. The number of rotatable bonds is 4. The number of aromatic nitrogens is 1. The molecule has 30 heavy (non-hydrogen) atoms. The standard InChI is InChI=1S/C23H28N4O3/c1-30-21-6-4-17(5-7-21)11-25-14-23(15-25)16-26(12-19-9-20(28)13-27(19)23)22(29)18-3-2-8-24-10-18/h2-8,10,19-20,28H,9,11-16H2,1H3. The van der Waals surface area contributed by atoms with Gasteiger partial charge >= 0.3 is 0 Å². The molecule has 1 aromatic carbocycles. The van der Waals surface area contributed by atoms with Crippen molar-refractivity contribution >= 4 is 5.91 Å². The van der Waals surface area contributed by atoms with E-state index in [1.807, 2.05) is 23.1 Å². The van der Waals surface area contributed by atoms with Crippen molar-refractivity contribution < 1.29 is 14.6 Å². The number of nitrogens with zero attached hydrogens (tertiary/aromatic N) is 4. The maximum absolute atomic E-state index is 13.1. The first kappa shape index (κ1) is 19.5. The van der Waals surface area contributed by atoms with Crippen LogP contribution >= 0.6 is 0 Å². The maximum Gasteiger partial charge on any atom is 0.255 e. The summed E-state index contributed by atoms with van der Waals surface area (Å²) in [4.78, 5) is 24.1. The van der Waals surface area contributed by atoms with Crippen LogP contribution in [0.3, 0.4) is 0 Å². The molecule has 7 heteroatoms. The smallest absolute Gasteiger partial charge is 0.255 e. The van der Waals surface area contributed by atoms with E-state index in [1.54, 1.807) is 25.6 Å². The number of fused-ring (bicyclic) bond motifs is 2. The molecule has 1 spiro atoms. The lowest BCUT2D eigenvalue weighted by Gasteiger charge is -2.61. The molecule has 3 aliphatic heterocycles. The van der Waals surface area contributed by atoms with Crippen LogP contribution in [0.5, 0.6) is 5.75 Å². The van der Waals surface area contributed by atoms with E-state index < -0.39 is 0 Å². The highest BCUT2D eigenvalue weighted by Gasteiger charge is 2.56. The lowest BCUT2D eigenvalue weighted by molar-refractivity contribution is -0.108. The average Bonchev–Trinajstić information content (AvgIpc) is 3.14. The first-order chi connectivity index (χ1) is 14.6. The number of aliphatic hydroxyl groups is 1. The lowest BCUT2D eigenvalue weighted by atomic mass is 9.83. The number of aliphatic hydroxyl groups excluding tert-OH is 1. The molecule has 3 aliphatic rings. The summed E-state index contributed by atoms with van der Waals surface area (Å²) < 4.78 is 5.25. The number of methoxy groups -OCH3 is 1. The van der Waals surface area contributed by atoms with Gasteiger partial charge in [0.1, 0.15) is 5.75 Å². The number of hydrogen-bond donors (Lipinski definition) is 1. The van der Waals surface area contributed by atoms with Gasteiger partial charge in [0.25, 0.3) is 5.91 Å². The lowest BCUT2D eigenvalue weighted by Crippen LogP contribution is -2.78. The van der Waals surface area contributed by atoms with Gasteiger partial charge in [-0.1, -0.05) is 12.1 Å². The Morgan fingerprint density at radius 1 is 1.20 bits per heavy atom. The highest BCUT2D eigenvalue weighted by Crippen LogP contribution is 2.39. The van der Waals surface area contributed by atoms with Gasteiger partial charge in [-0.2, -0.15) is 0 Å². The summed E-state index contributed by atoms with van der Waals surface area (Å²) >= 11 is 0. The third-order valence-corrected chi connectivity index (χ3v) is 6.71. The Bertz CT molecular complexity index is 898. The molecule has 1 aromatic heterocycles. The fourth-order valence-electron chi connectivity index (χ4n) is 5.41. The minimum absolute atomic E-state index is 0.0390. The van der Waals surface area contributed by atoms with E-state index in [0.717, 1.165) is 31.8 Å². The number of benzene rings is 1. The Morgan fingerprint density at radius 3 is 2.70 bits per heavy atom. The van der Waals surface area contributed by atoms with Gasteiger partial charge in [-0.15, -0.1) is 0 Å². The maximum atomic E-state index is 13.1. The molecule has 0 bridgehead atoms. The summed E-state index contributed by atoms with van der Waals surface area (Å²) in [5.74, 6) is 0.904. The molecule has 2 aromatic rings. The van der Waals surface area contributed by atoms with Crippen LogP contribution in [0.1, 0.15) is 22.3 Å². The zero-order chi connectivity index (χ0) is 20.7. The van der Waals surface area contributed by atoms with Crippen LogP contribution in [-0.4, -0.2) is 88.2 Å². The third-order valence-electron chi connectivity index (χ3n) is 6.71. The van der Waals surface area contributed by atoms with Crippen LogP contribution in [0.15, 0.2) is 48.8 Å². The minimum atomic E-state index is -0.309. The van der Waals surface area contributed by atoms with Crippen molar-refractivity contribution in [2.45, 2.75) is 30.7 Å². The van der Waals surface area contributed by atoms with Crippen LogP contribution in [0, 0.1) is 0 Å². The van der Waals surface area contributed by atoms with Gasteiger partial charge in [0.2, 0.25) is 0 Å². The summed E-state index contributed by atoms with van der Waals surface area (Å²) in [7, 11) is 1.68. The molecular weight excluding hydrogens is 380 g/mol. The molecule has 0 radical (unpaired) electrons. The number of carbonyl (C=O) groups is 1. The van der Waals surface area contributed by atoms with E-state index in [9.17, 15) is 9.90 Å². The number of β-amino-alcohol motifs (C(OH)–C–C–N with tert-alkyl or cyclic N) is 1. The summed E-state index contributed by atoms with van der Waals surface area (Å²) in [5, 5.41) is 10.3. The van der Waals surface area contributed by atoms with Crippen molar-refractivity contribution in [3.8, 4) is 5.75 Å². The molecular formula is C23H28N4O3. The number of hydrogen-bond acceptors (Lipinski definition) is 6. The fourth-order valence-corrected chi connectivity index (χ4v) is 5.41. The Balaban J connectivity index is 1.31. The third kappa shape index (κ3) is 3.47. The topological polar surface area (TPSA) is 69.1 Å². The Hall–Kier alpha value is -2.48. The quantitative estimate of drug-likeness (QED) is 0.821. The number of ether oxygens (including phenoxy) is 1. The molecule has 1 amide bonds. The van der Waals surface area contributed by atoms with Crippen molar-refractivity contribution in [1.29, 1.82) is 0 Å². The number of likely N-dealkylation sites (tertiary alicyclic amines) is 1. The summed E-state index contributed by atoms with van der Waals surface area (Å²) in [6.07, 6.45) is 3.75. The van der Waals surface area contributed by atoms with E-state index in [1.165, 1.54) is 5.56 Å². The number of piperazine rings is 1. The largest absolute Gasteiger partial charge is 0.497 e.